The van der Waals surface area contributed by atoms with E-state index in [-0.39, 0.29) is 6.10 Å². The molecule has 0 aliphatic rings. The molecule has 2 rings (SSSR count). The Morgan fingerprint density at radius 1 is 1.03 bits per heavy atom. The minimum atomic E-state index is -4.40. The summed E-state index contributed by atoms with van der Waals surface area (Å²) in [5, 5.41) is 9.72. The molecule has 2 aromatic carbocycles. The number of rotatable bonds is 9. The molecule has 0 bridgehead atoms. The first-order valence-corrected chi connectivity index (χ1v) is 9.84. The van der Waals surface area contributed by atoms with E-state index in [2.05, 4.69) is 6.92 Å². The molecule has 0 heterocycles. The van der Waals surface area contributed by atoms with Crippen LogP contribution in [0.3, 0.4) is 0 Å². The monoisotopic (exact) mass is 408 g/mol. The van der Waals surface area contributed by atoms with Gasteiger partial charge in [0, 0.05) is 0 Å². The van der Waals surface area contributed by atoms with Crippen molar-refractivity contribution in [2.75, 3.05) is 0 Å². The highest BCUT2D eigenvalue weighted by molar-refractivity contribution is 5.78. The maximum Gasteiger partial charge on any atom is 0.416 e. The number of carbonyl (C=O) groups is 1. The average Bonchev–Trinajstić information content (AvgIpc) is 2.63. The van der Waals surface area contributed by atoms with Gasteiger partial charge in [-0.05, 0) is 61.2 Å². The first kappa shape index (κ1) is 22.8. The number of aliphatic carboxylic acids is 1. The van der Waals surface area contributed by atoms with Gasteiger partial charge < -0.3 is 9.84 Å². The molecule has 0 aliphatic carbocycles. The number of benzene rings is 2. The third kappa shape index (κ3) is 6.51. The Kier molecular flexibility index (Phi) is 7.71. The van der Waals surface area contributed by atoms with Crippen molar-refractivity contribution in [2.24, 2.45) is 0 Å². The molecule has 1 unspecified atom stereocenters. The molecular formula is C23H27F3O3. The number of hydrogen-bond donors (Lipinski definition) is 1. The molecule has 0 saturated carbocycles. The van der Waals surface area contributed by atoms with Crippen LogP contribution in [0.15, 0.2) is 42.5 Å². The SMILES string of the molecule is CCCCCC(C(=O)O)c1cc(OC(C)C)cc(-c2ccc(C(F)(F)F)cc2)c1. The van der Waals surface area contributed by atoms with Gasteiger partial charge in [-0.15, -0.1) is 0 Å². The van der Waals surface area contributed by atoms with Gasteiger partial charge in [-0.2, -0.15) is 13.2 Å². The lowest BCUT2D eigenvalue weighted by molar-refractivity contribution is -0.139. The predicted octanol–water partition coefficient (Wildman–Crippen LogP) is 6.91. The third-order valence-electron chi connectivity index (χ3n) is 4.64. The highest BCUT2D eigenvalue weighted by Gasteiger charge is 2.30. The van der Waals surface area contributed by atoms with Crippen molar-refractivity contribution < 1.29 is 27.8 Å². The lowest BCUT2D eigenvalue weighted by Gasteiger charge is -2.18. The van der Waals surface area contributed by atoms with E-state index in [1.807, 2.05) is 13.8 Å². The smallest absolute Gasteiger partial charge is 0.416 e. The molecule has 0 aromatic heterocycles. The van der Waals surface area contributed by atoms with Crippen LogP contribution in [0.25, 0.3) is 11.1 Å². The summed E-state index contributed by atoms with van der Waals surface area (Å²) in [5.41, 5.74) is 1.08. The van der Waals surface area contributed by atoms with Crippen molar-refractivity contribution in [2.45, 2.75) is 64.7 Å². The van der Waals surface area contributed by atoms with Gasteiger partial charge in [0.15, 0.2) is 0 Å². The first-order chi connectivity index (χ1) is 13.6. The highest BCUT2D eigenvalue weighted by Crippen LogP contribution is 2.35. The summed E-state index contributed by atoms with van der Waals surface area (Å²) >= 11 is 0. The minimum Gasteiger partial charge on any atom is -0.491 e. The van der Waals surface area contributed by atoms with E-state index in [1.54, 1.807) is 18.2 Å². The van der Waals surface area contributed by atoms with Crippen molar-refractivity contribution in [3.63, 3.8) is 0 Å². The second kappa shape index (κ2) is 9.81. The van der Waals surface area contributed by atoms with Crippen LogP contribution in [0.2, 0.25) is 0 Å². The van der Waals surface area contributed by atoms with Crippen molar-refractivity contribution in [1.29, 1.82) is 0 Å². The molecule has 0 fully saturated rings. The van der Waals surface area contributed by atoms with Gasteiger partial charge in [0.1, 0.15) is 5.75 Å². The summed E-state index contributed by atoms with van der Waals surface area (Å²) in [6, 6.07) is 10.0. The Hall–Kier alpha value is -2.50. The van der Waals surface area contributed by atoms with Crippen molar-refractivity contribution in [3.8, 4) is 16.9 Å². The van der Waals surface area contributed by atoms with Gasteiger partial charge in [-0.1, -0.05) is 44.4 Å². The normalized spacial score (nSPS) is 12.8. The van der Waals surface area contributed by atoms with E-state index < -0.39 is 23.6 Å². The van der Waals surface area contributed by atoms with E-state index in [0.717, 1.165) is 31.4 Å². The van der Waals surface area contributed by atoms with Gasteiger partial charge >= 0.3 is 12.1 Å². The second-order valence-electron chi connectivity index (χ2n) is 7.42. The Labute approximate surface area is 169 Å². The Bertz CT molecular complexity index is 811. The molecule has 3 nitrogen and oxygen atoms in total. The Balaban J connectivity index is 2.46. The largest absolute Gasteiger partial charge is 0.491 e. The molecule has 0 aliphatic heterocycles. The van der Waals surface area contributed by atoms with Crippen LogP contribution in [0.4, 0.5) is 13.2 Å². The van der Waals surface area contributed by atoms with Gasteiger partial charge in [-0.25, -0.2) is 0 Å². The highest BCUT2D eigenvalue weighted by atomic mass is 19.4. The first-order valence-electron chi connectivity index (χ1n) is 9.84. The number of unbranched alkanes of at least 4 members (excludes halogenated alkanes) is 2. The fourth-order valence-electron chi connectivity index (χ4n) is 3.21. The maximum absolute atomic E-state index is 12.9. The summed E-state index contributed by atoms with van der Waals surface area (Å²) in [4.78, 5) is 11.9. The molecule has 0 amide bonds. The van der Waals surface area contributed by atoms with Crippen LogP contribution in [0.1, 0.15) is 63.5 Å². The summed E-state index contributed by atoms with van der Waals surface area (Å²) in [5.74, 6) is -1.10. The summed E-state index contributed by atoms with van der Waals surface area (Å²) in [7, 11) is 0. The molecule has 0 saturated heterocycles. The summed E-state index contributed by atoms with van der Waals surface area (Å²) < 4.78 is 44.3. The van der Waals surface area contributed by atoms with Gasteiger partial charge in [-0.3, -0.25) is 4.79 Å². The standard InChI is InChI=1S/C23H27F3O3/c1-4-5-6-7-21(22(27)28)18-12-17(13-20(14-18)29-15(2)3)16-8-10-19(11-9-16)23(24,25)26/h8-15,21H,4-7H2,1-3H3,(H,27,28). The van der Waals surface area contributed by atoms with Crippen LogP contribution in [0, 0.1) is 0 Å². The lowest BCUT2D eigenvalue weighted by atomic mass is 9.90. The predicted molar refractivity (Wildman–Crippen MR) is 107 cm³/mol. The van der Waals surface area contributed by atoms with Crippen LogP contribution in [-0.2, 0) is 11.0 Å². The van der Waals surface area contributed by atoms with Crippen molar-refractivity contribution >= 4 is 5.97 Å². The molecule has 1 atom stereocenters. The fourth-order valence-corrected chi connectivity index (χ4v) is 3.21. The van der Waals surface area contributed by atoms with Gasteiger partial charge in [0.2, 0.25) is 0 Å². The third-order valence-corrected chi connectivity index (χ3v) is 4.64. The summed E-state index contributed by atoms with van der Waals surface area (Å²) in [6.45, 7) is 5.77. The lowest BCUT2D eigenvalue weighted by Crippen LogP contribution is -2.13. The van der Waals surface area contributed by atoms with Crippen LogP contribution in [0.5, 0.6) is 5.75 Å². The quantitative estimate of drug-likeness (QED) is 0.459. The number of hydrogen-bond acceptors (Lipinski definition) is 2. The van der Waals surface area contributed by atoms with Crippen LogP contribution < -0.4 is 4.74 Å². The van der Waals surface area contributed by atoms with Crippen molar-refractivity contribution in [1.82, 2.24) is 0 Å². The maximum atomic E-state index is 12.9. The number of ether oxygens (including phenoxy) is 1. The van der Waals surface area contributed by atoms with Crippen LogP contribution >= 0.6 is 0 Å². The molecular weight excluding hydrogens is 381 g/mol. The minimum absolute atomic E-state index is 0.117. The molecule has 0 radical (unpaired) electrons. The molecule has 1 N–H and O–H groups in total. The molecule has 2 aromatic rings. The fraction of sp³-hybridized carbons (Fsp3) is 0.435. The number of carboxylic acid groups (broad SMARTS) is 1. The second-order valence-corrected chi connectivity index (χ2v) is 7.42. The van der Waals surface area contributed by atoms with Gasteiger partial charge in [0.05, 0.1) is 17.6 Å². The van der Waals surface area contributed by atoms with E-state index in [0.29, 0.717) is 28.9 Å². The zero-order valence-corrected chi connectivity index (χ0v) is 16.9. The molecule has 6 heteroatoms. The Morgan fingerprint density at radius 3 is 2.21 bits per heavy atom. The number of carboxylic acids is 1. The molecule has 158 valence electrons. The number of alkyl halides is 3. The zero-order valence-electron chi connectivity index (χ0n) is 16.9. The average molecular weight is 408 g/mol. The molecule has 29 heavy (non-hydrogen) atoms. The Morgan fingerprint density at radius 2 is 1.69 bits per heavy atom. The van der Waals surface area contributed by atoms with E-state index >= 15 is 0 Å². The van der Waals surface area contributed by atoms with Crippen molar-refractivity contribution in [3.05, 3.63) is 53.6 Å². The zero-order chi connectivity index (χ0) is 21.6. The van der Waals surface area contributed by atoms with E-state index in [1.165, 1.54) is 12.1 Å². The summed E-state index contributed by atoms with van der Waals surface area (Å²) in [6.07, 6.45) is -1.30. The number of halogens is 3. The van der Waals surface area contributed by atoms with E-state index in [4.69, 9.17) is 4.74 Å². The van der Waals surface area contributed by atoms with Gasteiger partial charge in [0.25, 0.3) is 0 Å². The van der Waals surface area contributed by atoms with E-state index in [9.17, 15) is 23.1 Å². The topological polar surface area (TPSA) is 46.5 Å². The van der Waals surface area contributed by atoms with Crippen LogP contribution in [-0.4, -0.2) is 17.2 Å². The molecule has 0 spiro atoms.